The summed E-state index contributed by atoms with van der Waals surface area (Å²) in [4.78, 5) is 30.9. The van der Waals surface area contributed by atoms with Gasteiger partial charge in [-0.25, -0.2) is 4.79 Å². The first-order chi connectivity index (χ1) is 12.7. The zero-order chi connectivity index (χ0) is 18.4. The van der Waals surface area contributed by atoms with Crippen molar-refractivity contribution in [3.05, 3.63) is 51.6 Å². The number of amides is 1. The van der Waals surface area contributed by atoms with E-state index >= 15 is 0 Å². The van der Waals surface area contributed by atoms with Gasteiger partial charge in [-0.3, -0.25) is 4.79 Å². The van der Waals surface area contributed by atoms with Crippen LogP contribution in [0.25, 0.3) is 0 Å². The van der Waals surface area contributed by atoms with Gasteiger partial charge in [0.1, 0.15) is 5.03 Å². The molecule has 1 aliphatic rings. The molecule has 1 amide bonds. The summed E-state index contributed by atoms with van der Waals surface area (Å²) in [5.74, 6) is 0.170. The fourth-order valence-electron chi connectivity index (χ4n) is 3.18. The van der Waals surface area contributed by atoms with Crippen LogP contribution in [-0.4, -0.2) is 21.6 Å². The van der Waals surface area contributed by atoms with Crippen molar-refractivity contribution in [2.45, 2.75) is 56.9 Å². The maximum atomic E-state index is 12.3. The monoisotopic (exact) mass is 371 g/mol. The minimum atomic E-state index is -0.323. The van der Waals surface area contributed by atoms with E-state index in [0.717, 1.165) is 49.0 Å². The Balaban J connectivity index is 1.58. The van der Waals surface area contributed by atoms with Crippen LogP contribution >= 0.6 is 11.8 Å². The van der Waals surface area contributed by atoms with Crippen molar-refractivity contribution in [3.8, 4) is 0 Å². The highest BCUT2D eigenvalue weighted by molar-refractivity contribution is 8.00. The van der Waals surface area contributed by atoms with Gasteiger partial charge in [0.15, 0.2) is 0 Å². The second kappa shape index (κ2) is 9.03. The molecule has 0 saturated carbocycles. The number of rotatable bonds is 7. The highest BCUT2D eigenvalue weighted by atomic mass is 32.2. The van der Waals surface area contributed by atoms with Gasteiger partial charge in [-0.05, 0) is 56.2 Å². The van der Waals surface area contributed by atoms with Crippen LogP contribution in [0.3, 0.4) is 0 Å². The van der Waals surface area contributed by atoms with E-state index < -0.39 is 0 Å². The van der Waals surface area contributed by atoms with Crippen molar-refractivity contribution >= 4 is 23.4 Å². The molecule has 1 aromatic heterocycles. The molecule has 0 bridgehead atoms. The number of carbonyl (C=O) groups is 1. The van der Waals surface area contributed by atoms with Gasteiger partial charge in [0.25, 0.3) is 0 Å². The predicted octanol–water partition coefficient (Wildman–Crippen LogP) is 3.72. The van der Waals surface area contributed by atoms with Crippen LogP contribution < -0.4 is 11.0 Å². The van der Waals surface area contributed by atoms with Crippen LogP contribution in [0.4, 0.5) is 5.69 Å². The molecular formula is C20H25N3O2S. The SMILES string of the molecule is CCCCc1ccc(NC(=O)CSc2nc(=O)[nH]c3c2CCCC3)cc1. The summed E-state index contributed by atoms with van der Waals surface area (Å²) < 4.78 is 0. The summed E-state index contributed by atoms with van der Waals surface area (Å²) in [5, 5.41) is 3.62. The Morgan fingerprint density at radius 1 is 1.23 bits per heavy atom. The molecule has 0 saturated heterocycles. The summed E-state index contributed by atoms with van der Waals surface area (Å²) in [5.41, 5.74) is 3.86. The van der Waals surface area contributed by atoms with Gasteiger partial charge in [0, 0.05) is 16.9 Å². The first kappa shape index (κ1) is 18.7. The number of nitrogens with one attached hydrogen (secondary N) is 2. The Morgan fingerprint density at radius 2 is 2.00 bits per heavy atom. The highest BCUT2D eigenvalue weighted by Crippen LogP contribution is 2.27. The highest BCUT2D eigenvalue weighted by Gasteiger charge is 2.17. The van der Waals surface area contributed by atoms with Crippen LogP contribution in [0.1, 0.15) is 49.4 Å². The van der Waals surface area contributed by atoms with E-state index in [0.29, 0.717) is 5.03 Å². The Bertz CT molecular complexity index is 815. The molecule has 1 aliphatic carbocycles. The second-order valence-electron chi connectivity index (χ2n) is 6.65. The molecule has 1 heterocycles. The number of fused-ring (bicyclic) bond motifs is 1. The van der Waals surface area contributed by atoms with Crippen LogP contribution in [0, 0.1) is 0 Å². The van der Waals surface area contributed by atoms with Crippen molar-refractivity contribution in [2.75, 3.05) is 11.1 Å². The molecule has 138 valence electrons. The Morgan fingerprint density at radius 3 is 2.77 bits per heavy atom. The molecule has 3 rings (SSSR count). The maximum Gasteiger partial charge on any atom is 0.346 e. The summed E-state index contributed by atoms with van der Waals surface area (Å²) >= 11 is 1.35. The number of thioether (sulfide) groups is 1. The Hall–Kier alpha value is -2.08. The molecule has 1 aromatic carbocycles. The van der Waals surface area contributed by atoms with E-state index in [4.69, 9.17) is 0 Å². The standard InChI is InChI=1S/C20H25N3O2S/c1-2-3-6-14-9-11-15(12-10-14)21-18(24)13-26-19-16-7-4-5-8-17(16)22-20(25)23-19/h9-12H,2-8,13H2,1H3,(H,21,24)(H,22,23,25). The van der Waals surface area contributed by atoms with Gasteiger partial charge in [0.05, 0.1) is 5.75 Å². The number of unbranched alkanes of at least 4 members (excludes halogenated alkanes) is 1. The van der Waals surface area contributed by atoms with Crippen molar-refractivity contribution < 1.29 is 4.79 Å². The van der Waals surface area contributed by atoms with Crippen molar-refractivity contribution in [1.29, 1.82) is 0 Å². The van der Waals surface area contributed by atoms with E-state index in [2.05, 4.69) is 34.3 Å². The number of aromatic amines is 1. The molecule has 0 radical (unpaired) electrons. The molecule has 0 spiro atoms. The van der Waals surface area contributed by atoms with E-state index in [-0.39, 0.29) is 17.3 Å². The molecule has 2 aromatic rings. The summed E-state index contributed by atoms with van der Waals surface area (Å²) in [6.07, 6.45) is 7.42. The summed E-state index contributed by atoms with van der Waals surface area (Å²) in [6, 6.07) is 8.02. The number of anilines is 1. The average Bonchev–Trinajstić information content (AvgIpc) is 2.65. The zero-order valence-electron chi connectivity index (χ0n) is 15.1. The number of hydrogen-bond donors (Lipinski definition) is 2. The number of benzene rings is 1. The van der Waals surface area contributed by atoms with E-state index in [1.807, 2.05) is 12.1 Å². The zero-order valence-corrected chi connectivity index (χ0v) is 16.0. The minimum Gasteiger partial charge on any atom is -0.325 e. The predicted molar refractivity (Wildman–Crippen MR) is 106 cm³/mol. The summed E-state index contributed by atoms with van der Waals surface area (Å²) in [6.45, 7) is 2.18. The largest absolute Gasteiger partial charge is 0.346 e. The molecule has 5 nitrogen and oxygen atoms in total. The van der Waals surface area contributed by atoms with Gasteiger partial charge < -0.3 is 10.3 Å². The fraction of sp³-hybridized carbons (Fsp3) is 0.450. The van der Waals surface area contributed by atoms with Crippen molar-refractivity contribution in [1.82, 2.24) is 9.97 Å². The topological polar surface area (TPSA) is 74.8 Å². The summed E-state index contributed by atoms with van der Waals surface area (Å²) in [7, 11) is 0. The number of carbonyl (C=O) groups excluding carboxylic acids is 1. The third-order valence-corrected chi connectivity index (χ3v) is 5.60. The maximum absolute atomic E-state index is 12.3. The van der Waals surface area contributed by atoms with Gasteiger partial charge in [-0.15, -0.1) is 0 Å². The molecule has 0 unspecified atom stereocenters. The molecule has 0 fully saturated rings. The lowest BCUT2D eigenvalue weighted by molar-refractivity contribution is -0.113. The number of H-pyrrole nitrogens is 1. The first-order valence-electron chi connectivity index (χ1n) is 9.29. The first-order valence-corrected chi connectivity index (χ1v) is 10.3. The van der Waals surface area contributed by atoms with Gasteiger partial charge >= 0.3 is 5.69 Å². The minimum absolute atomic E-state index is 0.0806. The normalized spacial score (nSPS) is 13.3. The lowest BCUT2D eigenvalue weighted by atomic mass is 9.98. The molecule has 2 N–H and O–H groups in total. The second-order valence-corrected chi connectivity index (χ2v) is 7.61. The van der Waals surface area contributed by atoms with E-state index in [1.54, 1.807) is 0 Å². The number of hydrogen-bond acceptors (Lipinski definition) is 4. The smallest absolute Gasteiger partial charge is 0.325 e. The van der Waals surface area contributed by atoms with Gasteiger partial charge in [-0.2, -0.15) is 4.98 Å². The Labute approximate surface area is 158 Å². The Kier molecular flexibility index (Phi) is 6.50. The van der Waals surface area contributed by atoms with Crippen LogP contribution in [-0.2, 0) is 24.1 Å². The third kappa shape index (κ3) is 4.97. The van der Waals surface area contributed by atoms with Crippen molar-refractivity contribution in [3.63, 3.8) is 0 Å². The lowest BCUT2D eigenvalue weighted by Crippen LogP contribution is -2.21. The number of aryl methyl sites for hydroxylation is 2. The van der Waals surface area contributed by atoms with E-state index in [1.165, 1.54) is 30.2 Å². The van der Waals surface area contributed by atoms with Crippen LogP contribution in [0.2, 0.25) is 0 Å². The van der Waals surface area contributed by atoms with Crippen molar-refractivity contribution in [2.24, 2.45) is 0 Å². The molecule has 26 heavy (non-hydrogen) atoms. The van der Waals surface area contributed by atoms with Gasteiger partial charge in [-0.1, -0.05) is 37.2 Å². The lowest BCUT2D eigenvalue weighted by Gasteiger charge is -2.17. The van der Waals surface area contributed by atoms with Crippen LogP contribution in [0.5, 0.6) is 0 Å². The molecule has 0 aliphatic heterocycles. The quantitative estimate of drug-likeness (QED) is 0.574. The number of nitrogens with zero attached hydrogens (tertiary/aromatic N) is 1. The molecular weight excluding hydrogens is 346 g/mol. The third-order valence-electron chi connectivity index (χ3n) is 4.58. The van der Waals surface area contributed by atoms with Gasteiger partial charge in [0.2, 0.25) is 5.91 Å². The van der Waals surface area contributed by atoms with E-state index in [9.17, 15) is 9.59 Å². The molecule has 6 heteroatoms. The number of aromatic nitrogens is 2. The van der Waals surface area contributed by atoms with Crippen LogP contribution in [0.15, 0.2) is 34.1 Å². The fourth-order valence-corrected chi connectivity index (χ4v) is 4.07. The average molecular weight is 372 g/mol. The molecule has 0 atom stereocenters.